The Morgan fingerprint density at radius 1 is 0.913 bits per heavy atom. The topological polar surface area (TPSA) is 98.8 Å². The van der Waals surface area contributed by atoms with Gasteiger partial charge in [0, 0.05) is 12.3 Å². The number of nitrogens with one attached hydrogen (secondary N) is 1. The van der Waals surface area contributed by atoms with Crippen molar-refractivity contribution < 1.29 is 26.3 Å². The molecule has 1 heterocycles. The molecule has 0 fully saturated rings. The van der Waals surface area contributed by atoms with E-state index in [2.05, 4.69) is 4.72 Å². The summed E-state index contributed by atoms with van der Waals surface area (Å²) in [7, 11) is -7.42. The van der Waals surface area contributed by atoms with Crippen LogP contribution < -0.4 is 14.2 Å². The summed E-state index contributed by atoms with van der Waals surface area (Å²) in [6.07, 6.45) is 1.02. The normalized spacial score (nSPS) is 13.8. The molecule has 23 heavy (non-hydrogen) atoms. The van der Waals surface area contributed by atoms with Gasteiger partial charge >= 0.3 is 0 Å². The van der Waals surface area contributed by atoms with Crippen molar-refractivity contribution in [1.29, 1.82) is 0 Å². The molecule has 1 aliphatic heterocycles. The first kappa shape index (κ1) is 15.6. The van der Waals surface area contributed by atoms with E-state index in [4.69, 9.17) is 9.47 Å². The van der Waals surface area contributed by atoms with Crippen molar-refractivity contribution in [3.05, 3.63) is 42.5 Å². The van der Waals surface area contributed by atoms with Crippen LogP contribution in [0.2, 0.25) is 0 Å². The first-order valence-electron chi connectivity index (χ1n) is 6.48. The molecule has 2 aromatic carbocycles. The quantitative estimate of drug-likeness (QED) is 0.895. The van der Waals surface area contributed by atoms with E-state index in [1.807, 2.05) is 0 Å². The molecule has 0 radical (unpaired) electrons. The zero-order chi connectivity index (χ0) is 16.7. The summed E-state index contributed by atoms with van der Waals surface area (Å²) in [6, 6.07) is 9.78. The average Bonchev–Trinajstić information content (AvgIpc) is 2.93. The second-order valence-corrected chi connectivity index (χ2v) is 8.62. The van der Waals surface area contributed by atoms with Gasteiger partial charge in [0.15, 0.2) is 21.3 Å². The minimum absolute atomic E-state index is 0.0638. The third-order valence-corrected chi connectivity index (χ3v) is 5.66. The molecular weight excluding hydrogens is 342 g/mol. The number of anilines is 1. The van der Waals surface area contributed by atoms with E-state index < -0.39 is 19.9 Å². The summed E-state index contributed by atoms with van der Waals surface area (Å²) in [6.45, 7) is 0.0853. The van der Waals surface area contributed by atoms with Gasteiger partial charge in [0.25, 0.3) is 10.0 Å². The van der Waals surface area contributed by atoms with Gasteiger partial charge in [-0.05, 0) is 30.3 Å². The maximum absolute atomic E-state index is 12.4. The van der Waals surface area contributed by atoms with Crippen LogP contribution in [0.5, 0.6) is 11.5 Å². The lowest BCUT2D eigenvalue weighted by molar-refractivity contribution is 0.174. The molecule has 0 saturated heterocycles. The van der Waals surface area contributed by atoms with Crippen molar-refractivity contribution in [2.75, 3.05) is 17.8 Å². The number of fused-ring (bicyclic) bond motifs is 1. The molecule has 0 aromatic heterocycles. The van der Waals surface area contributed by atoms with Crippen LogP contribution in [0.4, 0.5) is 5.69 Å². The Labute approximate surface area is 133 Å². The number of sulfonamides is 1. The molecule has 1 N–H and O–H groups in total. The van der Waals surface area contributed by atoms with Crippen molar-refractivity contribution >= 4 is 25.5 Å². The standard InChI is InChI=1S/C14H13NO6S2/c1-22(16,17)11-3-2-4-12(8-11)23(18,19)15-10-5-6-13-14(7-10)21-9-20-13/h2-8,15H,9H2,1H3. The summed E-state index contributed by atoms with van der Waals surface area (Å²) >= 11 is 0. The Morgan fingerprint density at radius 2 is 1.61 bits per heavy atom. The van der Waals surface area contributed by atoms with Crippen LogP contribution in [-0.2, 0) is 19.9 Å². The highest BCUT2D eigenvalue weighted by Gasteiger charge is 2.19. The molecule has 0 bridgehead atoms. The van der Waals surface area contributed by atoms with Crippen LogP contribution in [-0.4, -0.2) is 29.9 Å². The third-order valence-electron chi connectivity index (χ3n) is 3.17. The second-order valence-electron chi connectivity index (χ2n) is 4.92. The maximum atomic E-state index is 12.4. The Morgan fingerprint density at radius 3 is 2.35 bits per heavy atom. The highest BCUT2D eigenvalue weighted by atomic mass is 32.2. The van der Waals surface area contributed by atoms with Crippen LogP contribution in [0, 0.1) is 0 Å². The van der Waals surface area contributed by atoms with Crippen LogP contribution in [0.25, 0.3) is 0 Å². The van der Waals surface area contributed by atoms with Crippen LogP contribution in [0.1, 0.15) is 0 Å². The lowest BCUT2D eigenvalue weighted by Crippen LogP contribution is -2.13. The number of sulfone groups is 1. The largest absolute Gasteiger partial charge is 0.454 e. The number of hydrogen-bond acceptors (Lipinski definition) is 6. The fourth-order valence-corrected chi connectivity index (χ4v) is 3.88. The molecule has 0 saturated carbocycles. The van der Waals surface area contributed by atoms with Crippen LogP contribution in [0.3, 0.4) is 0 Å². The SMILES string of the molecule is CS(=O)(=O)c1cccc(S(=O)(=O)Nc2ccc3c(c2)OCO3)c1. The van der Waals surface area contributed by atoms with Gasteiger partial charge in [0.05, 0.1) is 15.5 Å². The fraction of sp³-hybridized carbons (Fsp3) is 0.143. The molecule has 122 valence electrons. The Balaban J connectivity index is 1.93. The Hall–Kier alpha value is -2.26. The summed E-state index contributed by atoms with van der Waals surface area (Å²) in [5.41, 5.74) is 0.291. The lowest BCUT2D eigenvalue weighted by atomic mass is 10.3. The molecule has 0 atom stereocenters. The Kier molecular flexibility index (Phi) is 3.69. The van der Waals surface area contributed by atoms with Gasteiger partial charge in [0.2, 0.25) is 6.79 Å². The molecular formula is C14H13NO6S2. The Bertz CT molecular complexity index is 967. The highest BCUT2D eigenvalue weighted by molar-refractivity contribution is 7.93. The highest BCUT2D eigenvalue weighted by Crippen LogP contribution is 2.34. The van der Waals surface area contributed by atoms with Crippen molar-refractivity contribution in [3.8, 4) is 11.5 Å². The van der Waals surface area contributed by atoms with E-state index in [-0.39, 0.29) is 16.6 Å². The van der Waals surface area contributed by atoms with E-state index in [9.17, 15) is 16.8 Å². The maximum Gasteiger partial charge on any atom is 0.261 e. The second kappa shape index (κ2) is 5.43. The van der Waals surface area contributed by atoms with Crippen molar-refractivity contribution in [1.82, 2.24) is 0 Å². The molecule has 0 aliphatic carbocycles. The zero-order valence-corrected chi connectivity index (χ0v) is 13.6. The predicted molar refractivity (Wildman–Crippen MR) is 82.9 cm³/mol. The summed E-state index contributed by atoms with van der Waals surface area (Å²) < 4.78 is 60.6. The molecule has 9 heteroatoms. The van der Waals surface area contributed by atoms with Gasteiger partial charge in [-0.2, -0.15) is 0 Å². The van der Waals surface area contributed by atoms with Gasteiger partial charge in [-0.15, -0.1) is 0 Å². The van der Waals surface area contributed by atoms with Crippen molar-refractivity contribution in [3.63, 3.8) is 0 Å². The lowest BCUT2D eigenvalue weighted by Gasteiger charge is -2.09. The van der Waals surface area contributed by atoms with E-state index in [0.29, 0.717) is 17.2 Å². The number of hydrogen-bond donors (Lipinski definition) is 1. The smallest absolute Gasteiger partial charge is 0.261 e. The van der Waals surface area contributed by atoms with E-state index in [0.717, 1.165) is 12.3 Å². The number of benzene rings is 2. The molecule has 1 aliphatic rings. The summed E-state index contributed by atoms with van der Waals surface area (Å²) in [5, 5.41) is 0. The number of rotatable bonds is 4. The molecule has 0 amide bonds. The molecule has 0 spiro atoms. The zero-order valence-electron chi connectivity index (χ0n) is 12.0. The van der Waals surface area contributed by atoms with Gasteiger partial charge in [-0.1, -0.05) is 6.07 Å². The van der Waals surface area contributed by atoms with Crippen molar-refractivity contribution in [2.24, 2.45) is 0 Å². The van der Waals surface area contributed by atoms with E-state index >= 15 is 0 Å². The van der Waals surface area contributed by atoms with Gasteiger partial charge in [-0.25, -0.2) is 16.8 Å². The van der Waals surface area contributed by atoms with Gasteiger partial charge in [0.1, 0.15) is 0 Å². The monoisotopic (exact) mass is 355 g/mol. The molecule has 3 rings (SSSR count). The summed E-state index contributed by atoms with van der Waals surface area (Å²) in [5.74, 6) is 0.974. The molecule has 7 nitrogen and oxygen atoms in total. The molecule has 0 unspecified atom stereocenters. The predicted octanol–water partition coefficient (Wildman–Crippen LogP) is 1.62. The van der Waals surface area contributed by atoms with Crippen LogP contribution in [0.15, 0.2) is 52.3 Å². The third kappa shape index (κ3) is 3.25. The van der Waals surface area contributed by atoms with Gasteiger partial charge in [-0.3, -0.25) is 4.72 Å². The van der Waals surface area contributed by atoms with Crippen LogP contribution >= 0.6 is 0 Å². The average molecular weight is 355 g/mol. The molecule has 2 aromatic rings. The minimum Gasteiger partial charge on any atom is -0.454 e. The minimum atomic E-state index is -3.92. The van der Waals surface area contributed by atoms with E-state index in [1.54, 1.807) is 6.07 Å². The number of ether oxygens (including phenoxy) is 2. The van der Waals surface area contributed by atoms with Gasteiger partial charge < -0.3 is 9.47 Å². The first-order chi connectivity index (χ1) is 10.8. The van der Waals surface area contributed by atoms with E-state index in [1.165, 1.54) is 30.3 Å². The summed E-state index contributed by atoms with van der Waals surface area (Å²) in [4.78, 5) is -0.204. The van der Waals surface area contributed by atoms with Crippen molar-refractivity contribution in [2.45, 2.75) is 9.79 Å². The first-order valence-corrected chi connectivity index (χ1v) is 9.86. The fourth-order valence-electron chi connectivity index (χ4n) is 2.05.